The monoisotopic (exact) mass is 253 g/mol. The lowest BCUT2D eigenvalue weighted by atomic mass is 9.94. The highest BCUT2D eigenvalue weighted by atomic mass is 16.5. The molecule has 1 aliphatic rings. The maximum Gasteiger partial charge on any atom is 0.289 e. The number of nitrogens with zero attached hydrogens (tertiary/aromatic N) is 1. The zero-order valence-corrected chi connectivity index (χ0v) is 10.8. The molecule has 0 aromatic carbocycles. The van der Waals surface area contributed by atoms with Gasteiger partial charge in [-0.1, -0.05) is 0 Å². The highest BCUT2D eigenvalue weighted by molar-refractivity contribution is 5.91. The van der Waals surface area contributed by atoms with Crippen LogP contribution in [0.15, 0.2) is 16.5 Å². The number of carbonyl (C=O) groups is 1. The molecule has 1 fully saturated rings. The lowest BCUT2D eigenvalue weighted by Gasteiger charge is -2.35. The van der Waals surface area contributed by atoms with Crippen LogP contribution < -0.4 is 0 Å². The van der Waals surface area contributed by atoms with Gasteiger partial charge in [0.1, 0.15) is 5.76 Å². The second kappa shape index (κ2) is 5.12. The molecule has 0 aliphatic carbocycles. The molecule has 1 aliphatic heterocycles. The molecule has 2 heterocycles. The summed E-state index contributed by atoms with van der Waals surface area (Å²) < 4.78 is 10.5. The number of furan rings is 1. The predicted molar refractivity (Wildman–Crippen MR) is 65.4 cm³/mol. The van der Waals surface area contributed by atoms with Crippen molar-refractivity contribution in [1.29, 1.82) is 0 Å². The van der Waals surface area contributed by atoms with Gasteiger partial charge >= 0.3 is 0 Å². The molecule has 5 heteroatoms. The molecule has 1 aromatic heterocycles. The molecule has 1 amide bonds. The summed E-state index contributed by atoms with van der Waals surface area (Å²) in [6.45, 7) is 3.18. The summed E-state index contributed by atoms with van der Waals surface area (Å²) in [6.07, 6.45) is 1.11. The molecule has 0 atom stereocenters. The summed E-state index contributed by atoms with van der Waals surface area (Å²) in [5, 5.41) is 10.3. The first-order valence-corrected chi connectivity index (χ1v) is 6.12. The number of aryl methyl sites for hydroxylation is 1. The maximum atomic E-state index is 12.1. The molecule has 0 bridgehead atoms. The molecule has 0 unspecified atom stereocenters. The van der Waals surface area contributed by atoms with Crippen LogP contribution in [0.4, 0.5) is 0 Å². The SMILES string of the molecule is Cc1ccc(C(=O)N(C)CC2(O)CCOCC2)o1. The summed E-state index contributed by atoms with van der Waals surface area (Å²) in [6, 6.07) is 3.41. The zero-order chi connectivity index (χ0) is 13.2. The van der Waals surface area contributed by atoms with E-state index in [-0.39, 0.29) is 5.91 Å². The van der Waals surface area contributed by atoms with E-state index >= 15 is 0 Å². The van der Waals surface area contributed by atoms with Gasteiger partial charge in [-0.3, -0.25) is 4.79 Å². The quantitative estimate of drug-likeness (QED) is 0.879. The van der Waals surface area contributed by atoms with Crippen molar-refractivity contribution in [2.24, 2.45) is 0 Å². The number of hydrogen-bond donors (Lipinski definition) is 1. The molecule has 2 rings (SSSR count). The van der Waals surface area contributed by atoms with Gasteiger partial charge in [0.2, 0.25) is 0 Å². The molecule has 0 saturated carbocycles. The normalized spacial score (nSPS) is 18.6. The Kier molecular flexibility index (Phi) is 3.73. The van der Waals surface area contributed by atoms with E-state index in [1.54, 1.807) is 26.1 Å². The third-order valence-electron chi connectivity index (χ3n) is 3.25. The summed E-state index contributed by atoms with van der Waals surface area (Å²) in [7, 11) is 1.67. The Morgan fingerprint density at radius 3 is 2.67 bits per heavy atom. The Morgan fingerprint density at radius 1 is 1.44 bits per heavy atom. The average molecular weight is 253 g/mol. The van der Waals surface area contributed by atoms with Crippen molar-refractivity contribution in [2.45, 2.75) is 25.4 Å². The smallest absolute Gasteiger partial charge is 0.289 e. The van der Waals surface area contributed by atoms with Gasteiger partial charge in [-0.15, -0.1) is 0 Å². The van der Waals surface area contributed by atoms with Crippen LogP contribution in [0.5, 0.6) is 0 Å². The molecular weight excluding hydrogens is 234 g/mol. The van der Waals surface area contributed by atoms with Gasteiger partial charge in [0.15, 0.2) is 5.76 Å². The minimum atomic E-state index is -0.843. The van der Waals surface area contributed by atoms with Gasteiger partial charge in [-0.05, 0) is 19.1 Å². The molecule has 5 nitrogen and oxygen atoms in total. The van der Waals surface area contributed by atoms with Gasteiger partial charge in [-0.2, -0.15) is 0 Å². The first-order chi connectivity index (χ1) is 8.50. The van der Waals surface area contributed by atoms with Crippen LogP contribution in [0.1, 0.15) is 29.2 Å². The third kappa shape index (κ3) is 2.91. The van der Waals surface area contributed by atoms with Crippen LogP contribution in [-0.4, -0.2) is 48.3 Å². The summed E-state index contributed by atoms with van der Waals surface area (Å²) >= 11 is 0. The van der Waals surface area contributed by atoms with Crippen LogP contribution in [0, 0.1) is 6.92 Å². The van der Waals surface area contributed by atoms with Crippen molar-refractivity contribution in [3.63, 3.8) is 0 Å². The van der Waals surface area contributed by atoms with E-state index in [2.05, 4.69) is 0 Å². The Bertz CT molecular complexity index is 420. The van der Waals surface area contributed by atoms with Crippen molar-refractivity contribution in [3.05, 3.63) is 23.7 Å². The van der Waals surface area contributed by atoms with Crippen molar-refractivity contribution < 1.29 is 19.1 Å². The summed E-state index contributed by atoms with van der Waals surface area (Å²) in [5.74, 6) is 0.810. The van der Waals surface area contributed by atoms with Gasteiger partial charge in [-0.25, -0.2) is 0 Å². The number of amides is 1. The fraction of sp³-hybridized carbons (Fsp3) is 0.615. The first-order valence-electron chi connectivity index (χ1n) is 6.12. The van der Waals surface area contributed by atoms with Gasteiger partial charge in [0.25, 0.3) is 5.91 Å². The number of aliphatic hydroxyl groups is 1. The van der Waals surface area contributed by atoms with Gasteiger partial charge in [0.05, 0.1) is 5.60 Å². The number of hydrogen-bond acceptors (Lipinski definition) is 4. The maximum absolute atomic E-state index is 12.1. The molecular formula is C13H19NO4. The molecule has 0 radical (unpaired) electrons. The zero-order valence-electron chi connectivity index (χ0n) is 10.8. The van der Waals surface area contributed by atoms with Crippen LogP contribution in [-0.2, 0) is 4.74 Å². The van der Waals surface area contributed by atoms with Gasteiger partial charge < -0.3 is 19.2 Å². The van der Waals surface area contributed by atoms with Crippen molar-refractivity contribution in [1.82, 2.24) is 4.90 Å². The van der Waals surface area contributed by atoms with E-state index in [0.29, 0.717) is 44.1 Å². The highest BCUT2D eigenvalue weighted by Gasteiger charge is 2.33. The van der Waals surface area contributed by atoms with E-state index in [4.69, 9.17) is 9.15 Å². The van der Waals surface area contributed by atoms with Crippen molar-refractivity contribution in [3.8, 4) is 0 Å². The molecule has 18 heavy (non-hydrogen) atoms. The number of rotatable bonds is 3. The van der Waals surface area contributed by atoms with Crippen LogP contribution >= 0.6 is 0 Å². The molecule has 1 aromatic rings. The molecule has 0 spiro atoms. The van der Waals surface area contributed by atoms with Gasteiger partial charge in [0, 0.05) is 39.6 Å². The van der Waals surface area contributed by atoms with E-state index in [1.165, 1.54) is 4.90 Å². The number of ether oxygens (including phenoxy) is 1. The Morgan fingerprint density at radius 2 is 2.11 bits per heavy atom. The predicted octanol–water partition coefficient (Wildman–Crippen LogP) is 1.20. The molecule has 100 valence electrons. The summed E-state index contributed by atoms with van der Waals surface area (Å²) in [5.41, 5.74) is -0.843. The lowest BCUT2D eigenvalue weighted by molar-refractivity contribution is -0.0736. The Labute approximate surface area is 106 Å². The number of carbonyl (C=O) groups excluding carboxylic acids is 1. The lowest BCUT2D eigenvalue weighted by Crippen LogP contribution is -2.47. The van der Waals surface area contributed by atoms with Crippen LogP contribution in [0.2, 0.25) is 0 Å². The third-order valence-corrected chi connectivity index (χ3v) is 3.25. The van der Waals surface area contributed by atoms with Crippen LogP contribution in [0.3, 0.4) is 0 Å². The second-order valence-electron chi connectivity index (χ2n) is 4.91. The largest absolute Gasteiger partial charge is 0.456 e. The second-order valence-corrected chi connectivity index (χ2v) is 4.91. The fourth-order valence-electron chi connectivity index (χ4n) is 2.16. The average Bonchev–Trinajstić information content (AvgIpc) is 2.75. The number of likely N-dealkylation sites (N-methyl/N-ethyl adjacent to an activating group) is 1. The fourth-order valence-corrected chi connectivity index (χ4v) is 2.16. The Balaban J connectivity index is 1.98. The summed E-state index contributed by atoms with van der Waals surface area (Å²) in [4.78, 5) is 13.6. The molecule has 1 saturated heterocycles. The van der Waals surface area contributed by atoms with E-state index in [9.17, 15) is 9.90 Å². The van der Waals surface area contributed by atoms with Crippen molar-refractivity contribution in [2.75, 3.05) is 26.8 Å². The van der Waals surface area contributed by atoms with Crippen LogP contribution in [0.25, 0.3) is 0 Å². The van der Waals surface area contributed by atoms with E-state index in [1.807, 2.05) is 0 Å². The van der Waals surface area contributed by atoms with Crippen molar-refractivity contribution >= 4 is 5.91 Å². The minimum absolute atomic E-state index is 0.206. The minimum Gasteiger partial charge on any atom is -0.456 e. The Hall–Kier alpha value is -1.33. The van der Waals surface area contributed by atoms with E-state index < -0.39 is 5.60 Å². The highest BCUT2D eigenvalue weighted by Crippen LogP contribution is 2.22. The first kappa shape index (κ1) is 13.1. The molecule has 1 N–H and O–H groups in total. The standard InChI is InChI=1S/C13H19NO4/c1-10-3-4-11(18-10)12(15)14(2)9-13(16)5-7-17-8-6-13/h3-4,16H,5-9H2,1-2H3. The topological polar surface area (TPSA) is 62.9 Å². The van der Waals surface area contributed by atoms with E-state index in [0.717, 1.165) is 0 Å².